The van der Waals surface area contributed by atoms with Crippen LogP contribution in [0.4, 0.5) is 5.69 Å². The summed E-state index contributed by atoms with van der Waals surface area (Å²) >= 11 is 3.47. The van der Waals surface area contributed by atoms with Gasteiger partial charge in [-0.3, -0.25) is 5.41 Å². The maximum atomic E-state index is 7.63. The van der Waals surface area contributed by atoms with Crippen molar-refractivity contribution >= 4 is 27.5 Å². The third-order valence-electron chi connectivity index (χ3n) is 2.91. The molecule has 0 fully saturated rings. The number of anilines is 1. The Morgan fingerprint density at radius 2 is 1.95 bits per heavy atom. The fourth-order valence-corrected chi connectivity index (χ4v) is 2.48. The third kappa shape index (κ3) is 3.35. The van der Waals surface area contributed by atoms with E-state index in [0.29, 0.717) is 0 Å². The van der Waals surface area contributed by atoms with E-state index in [1.54, 1.807) is 0 Å². The first-order valence-corrected chi connectivity index (χ1v) is 6.76. The van der Waals surface area contributed by atoms with E-state index in [-0.39, 0.29) is 5.84 Å². The monoisotopic (exact) mass is 317 g/mol. The van der Waals surface area contributed by atoms with Gasteiger partial charge in [-0.2, -0.15) is 0 Å². The van der Waals surface area contributed by atoms with Gasteiger partial charge in [0, 0.05) is 29.3 Å². The van der Waals surface area contributed by atoms with E-state index in [9.17, 15) is 0 Å². The van der Waals surface area contributed by atoms with Crippen LogP contribution < -0.4 is 10.6 Å². The highest BCUT2D eigenvalue weighted by atomic mass is 79.9. The van der Waals surface area contributed by atoms with Crippen LogP contribution in [0.5, 0.6) is 0 Å². The molecule has 0 unspecified atom stereocenters. The quantitative estimate of drug-likeness (QED) is 0.671. The fraction of sp³-hybridized carbons (Fsp3) is 0.133. The lowest BCUT2D eigenvalue weighted by Crippen LogP contribution is -2.21. The molecule has 0 heterocycles. The molecule has 19 heavy (non-hydrogen) atoms. The lowest BCUT2D eigenvalue weighted by molar-refractivity contribution is 0.920. The highest BCUT2D eigenvalue weighted by Crippen LogP contribution is 2.21. The first-order valence-electron chi connectivity index (χ1n) is 5.97. The van der Waals surface area contributed by atoms with Gasteiger partial charge in [-0.05, 0) is 29.8 Å². The van der Waals surface area contributed by atoms with Gasteiger partial charge < -0.3 is 10.6 Å². The van der Waals surface area contributed by atoms with E-state index in [4.69, 9.17) is 11.1 Å². The second kappa shape index (κ2) is 5.89. The summed E-state index contributed by atoms with van der Waals surface area (Å²) in [6.45, 7) is 0.768. The van der Waals surface area contributed by atoms with Crippen molar-refractivity contribution in [2.45, 2.75) is 6.54 Å². The van der Waals surface area contributed by atoms with E-state index in [1.807, 2.05) is 43.4 Å². The average molecular weight is 318 g/mol. The molecule has 0 amide bonds. The van der Waals surface area contributed by atoms with Gasteiger partial charge in [0.1, 0.15) is 5.84 Å². The number of nitrogen functional groups attached to an aromatic ring is 1. The van der Waals surface area contributed by atoms with Gasteiger partial charge in [0.05, 0.1) is 0 Å². The highest BCUT2D eigenvalue weighted by Gasteiger charge is 2.09. The molecule has 0 radical (unpaired) electrons. The van der Waals surface area contributed by atoms with Crippen molar-refractivity contribution in [2.75, 3.05) is 11.9 Å². The summed E-state index contributed by atoms with van der Waals surface area (Å²) < 4.78 is 1.07. The molecular formula is C15H16BrN3. The summed E-state index contributed by atoms with van der Waals surface area (Å²) in [6, 6.07) is 15.9. The fourth-order valence-electron chi connectivity index (χ4n) is 2.03. The Hall–Kier alpha value is -1.81. The smallest absolute Gasteiger partial charge is 0.124 e. The molecule has 0 saturated heterocycles. The minimum absolute atomic E-state index is 0.0942. The Bertz CT molecular complexity index is 595. The normalized spacial score (nSPS) is 10.2. The van der Waals surface area contributed by atoms with Crippen molar-refractivity contribution in [3.8, 4) is 0 Å². The van der Waals surface area contributed by atoms with E-state index >= 15 is 0 Å². The summed E-state index contributed by atoms with van der Waals surface area (Å²) in [5.41, 5.74) is 8.55. The molecule has 2 aromatic rings. The number of rotatable bonds is 4. The molecule has 4 heteroatoms. The second-order valence-electron chi connectivity index (χ2n) is 4.42. The molecule has 2 rings (SSSR count). The van der Waals surface area contributed by atoms with Crippen molar-refractivity contribution in [3.05, 3.63) is 64.1 Å². The van der Waals surface area contributed by atoms with Crippen LogP contribution in [-0.4, -0.2) is 12.9 Å². The molecule has 0 aromatic heterocycles. The summed E-state index contributed by atoms with van der Waals surface area (Å²) in [6.07, 6.45) is 0. The topological polar surface area (TPSA) is 53.1 Å². The van der Waals surface area contributed by atoms with E-state index in [2.05, 4.69) is 33.0 Å². The van der Waals surface area contributed by atoms with Gasteiger partial charge in [0.25, 0.3) is 0 Å². The predicted octanol–water partition coefficient (Wildman–Crippen LogP) is 3.37. The van der Waals surface area contributed by atoms with Gasteiger partial charge in [0.2, 0.25) is 0 Å². The van der Waals surface area contributed by atoms with Crippen molar-refractivity contribution < 1.29 is 0 Å². The maximum absolute atomic E-state index is 7.63. The number of amidine groups is 1. The molecule has 0 aliphatic rings. The summed E-state index contributed by atoms with van der Waals surface area (Å²) in [4.78, 5) is 2.10. The lowest BCUT2D eigenvalue weighted by Gasteiger charge is -2.22. The van der Waals surface area contributed by atoms with Crippen LogP contribution in [0, 0.1) is 5.41 Å². The predicted molar refractivity (Wildman–Crippen MR) is 83.7 cm³/mol. The lowest BCUT2D eigenvalue weighted by atomic mass is 10.1. The van der Waals surface area contributed by atoms with E-state index in [1.165, 1.54) is 5.56 Å². The zero-order valence-electron chi connectivity index (χ0n) is 10.7. The summed E-state index contributed by atoms with van der Waals surface area (Å²) in [7, 11) is 2.00. The van der Waals surface area contributed by atoms with Crippen LogP contribution in [0.1, 0.15) is 11.1 Å². The third-order valence-corrected chi connectivity index (χ3v) is 3.41. The molecule has 2 aromatic carbocycles. The van der Waals surface area contributed by atoms with Crippen LogP contribution in [0.3, 0.4) is 0 Å². The molecular weight excluding hydrogens is 302 g/mol. The number of benzene rings is 2. The Kier molecular flexibility index (Phi) is 4.22. The SMILES string of the molecule is CN(Cc1cccc(Br)c1)c1ccccc1C(=N)N. The van der Waals surface area contributed by atoms with E-state index < -0.39 is 0 Å². The molecule has 0 bridgehead atoms. The van der Waals surface area contributed by atoms with Crippen LogP contribution >= 0.6 is 15.9 Å². The molecule has 3 nitrogen and oxygen atoms in total. The molecule has 98 valence electrons. The number of para-hydroxylation sites is 1. The number of hydrogen-bond acceptors (Lipinski definition) is 2. The van der Waals surface area contributed by atoms with Crippen LogP contribution in [-0.2, 0) is 6.54 Å². The molecule has 3 N–H and O–H groups in total. The van der Waals surface area contributed by atoms with Crippen LogP contribution in [0.25, 0.3) is 0 Å². The van der Waals surface area contributed by atoms with Gasteiger partial charge in [-0.1, -0.05) is 40.2 Å². The van der Waals surface area contributed by atoms with Crippen LogP contribution in [0.15, 0.2) is 53.0 Å². The molecule has 0 spiro atoms. The first-order chi connectivity index (χ1) is 9.08. The molecule has 0 aliphatic heterocycles. The Labute approximate surface area is 121 Å². The molecule has 0 saturated carbocycles. The second-order valence-corrected chi connectivity index (χ2v) is 5.33. The zero-order chi connectivity index (χ0) is 13.8. The van der Waals surface area contributed by atoms with Gasteiger partial charge in [-0.15, -0.1) is 0 Å². The van der Waals surface area contributed by atoms with Gasteiger partial charge >= 0.3 is 0 Å². The number of hydrogen-bond donors (Lipinski definition) is 2. The first kappa shape index (κ1) is 13.6. The van der Waals surface area contributed by atoms with Crippen molar-refractivity contribution in [2.24, 2.45) is 5.73 Å². The number of nitrogens with two attached hydrogens (primary N) is 1. The Morgan fingerprint density at radius 3 is 2.63 bits per heavy atom. The summed E-state index contributed by atoms with van der Waals surface area (Å²) in [5, 5.41) is 7.63. The standard InChI is InChI=1S/C15H16BrN3/c1-19(10-11-5-4-6-12(16)9-11)14-8-3-2-7-13(14)15(17)18/h2-9H,10H2,1H3,(H3,17,18). The number of nitrogens with one attached hydrogen (secondary N) is 1. The minimum Gasteiger partial charge on any atom is -0.384 e. The minimum atomic E-state index is 0.0942. The maximum Gasteiger partial charge on any atom is 0.124 e. The highest BCUT2D eigenvalue weighted by molar-refractivity contribution is 9.10. The number of halogens is 1. The largest absolute Gasteiger partial charge is 0.384 e. The molecule has 0 atom stereocenters. The van der Waals surface area contributed by atoms with Gasteiger partial charge in [0.15, 0.2) is 0 Å². The molecule has 0 aliphatic carbocycles. The Morgan fingerprint density at radius 1 is 1.21 bits per heavy atom. The van der Waals surface area contributed by atoms with Crippen molar-refractivity contribution in [1.29, 1.82) is 5.41 Å². The summed E-state index contributed by atoms with van der Waals surface area (Å²) in [5.74, 6) is 0.0942. The average Bonchev–Trinajstić information content (AvgIpc) is 2.38. The van der Waals surface area contributed by atoms with E-state index in [0.717, 1.165) is 22.3 Å². The number of nitrogens with zero attached hydrogens (tertiary/aromatic N) is 1. The Balaban J connectivity index is 2.25. The van der Waals surface area contributed by atoms with Crippen LogP contribution in [0.2, 0.25) is 0 Å². The van der Waals surface area contributed by atoms with Crippen molar-refractivity contribution in [1.82, 2.24) is 0 Å². The van der Waals surface area contributed by atoms with Gasteiger partial charge in [-0.25, -0.2) is 0 Å². The van der Waals surface area contributed by atoms with Crippen molar-refractivity contribution in [3.63, 3.8) is 0 Å². The zero-order valence-corrected chi connectivity index (χ0v) is 12.3.